The highest BCUT2D eigenvalue weighted by Gasteiger charge is 2.06. The molecular weight excluding hydrogens is 284 g/mol. The summed E-state index contributed by atoms with van der Waals surface area (Å²) in [6, 6.07) is 6.96. The van der Waals surface area contributed by atoms with Gasteiger partial charge < -0.3 is 20.5 Å². The zero-order chi connectivity index (χ0) is 14.1. The van der Waals surface area contributed by atoms with Gasteiger partial charge in [-0.3, -0.25) is 0 Å². The fourth-order valence-electron chi connectivity index (χ4n) is 1.22. The number of nitrogens with one attached hydrogen (secondary N) is 2. The molecule has 0 heterocycles. The van der Waals surface area contributed by atoms with Crippen LogP contribution in [-0.2, 0) is 0 Å². The predicted molar refractivity (Wildman–Crippen MR) is 81.8 cm³/mol. The van der Waals surface area contributed by atoms with Crippen LogP contribution in [0.1, 0.15) is 0 Å². The molecule has 1 unspecified atom stereocenters. The molecule has 0 saturated heterocycles. The van der Waals surface area contributed by atoms with Gasteiger partial charge in [-0.1, -0.05) is 17.7 Å². The average Bonchev–Trinajstić information content (AvgIpc) is 2.42. The van der Waals surface area contributed by atoms with Crippen LogP contribution in [-0.4, -0.2) is 36.0 Å². The first-order valence-electron chi connectivity index (χ1n) is 5.81. The van der Waals surface area contributed by atoms with Crippen LogP contribution in [0, 0.1) is 0 Å². The second-order valence-electron chi connectivity index (χ2n) is 3.80. The quantitative estimate of drug-likeness (QED) is 0.529. The van der Waals surface area contributed by atoms with Crippen molar-refractivity contribution in [3.63, 3.8) is 0 Å². The van der Waals surface area contributed by atoms with Gasteiger partial charge >= 0.3 is 0 Å². The SMILES string of the molecule is C=CCNC(=S)NCC(O)COc1ccc(Cl)cc1. The van der Waals surface area contributed by atoms with E-state index in [1.165, 1.54) is 0 Å². The van der Waals surface area contributed by atoms with E-state index in [1.807, 2.05) is 0 Å². The molecule has 1 atom stereocenters. The Morgan fingerprint density at radius 3 is 2.74 bits per heavy atom. The topological polar surface area (TPSA) is 53.5 Å². The van der Waals surface area contributed by atoms with Gasteiger partial charge in [-0.15, -0.1) is 6.58 Å². The van der Waals surface area contributed by atoms with Crippen molar-refractivity contribution in [2.75, 3.05) is 19.7 Å². The summed E-state index contributed by atoms with van der Waals surface area (Å²) in [4.78, 5) is 0. The average molecular weight is 301 g/mol. The fraction of sp³-hybridized carbons (Fsp3) is 0.308. The molecule has 0 saturated carbocycles. The van der Waals surface area contributed by atoms with Crippen molar-refractivity contribution in [3.05, 3.63) is 41.9 Å². The molecular formula is C13H17ClN2O2S. The number of benzene rings is 1. The molecule has 0 amide bonds. The second-order valence-corrected chi connectivity index (χ2v) is 4.64. The van der Waals surface area contributed by atoms with Crippen LogP contribution in [0.3, 0.4) is 0 Å². The molecule has 0 bridgehead atoms. The molecule has 0 aromatic heterocycles. The third-order valence-corrected chi connectivity index (χ3v) is 2.70. The summed E-state index contributed by atoms with van der Waals surface area (Å²) in [5, 5.41) is 16.6. The van der Waals surface area contributed by atoms with Crippen LogP contribution >= 0.6 is 23.8 Å². The zero-order valence-corrected chi connectivity index (χ0v) is 12.0. The normalized spacial score (nSPS) is 11.5. The maximum absolute atomic E-state index is 9.72. The van der Waals surface area contributed by atoms with Gasteiger partial charge in [-0.2, -0.15) is 0 Å². The van der Waals surface area contributed by atoms with Crippen LogP contribution in [0.15, 0.2) is 36.9 Å². The lowest BCUT2D eigenvalue weighted by atomic mass is 10.3. The van der Waals surface area contributed by atoms with Crippen LogP contribution < -0.4 is 15.4 Å². The molecule has 104 valence electrons. The summed E-state index contributed by atoms with van der Waals surface area (Å²) in [5.41, 5.74) is 0. The van der Waals surface area contributed by atoms with Crippen molar-refractivity contribution in [2.45, 2.75) is 6.10 Å². The molecule has 1 aromatic rings. The monoisotopic (exact) mass is 300 g/mol. The van der Waals surface area contributed by atoms with E-state index >= 15 is 0 Å². The van der Waals surface area contributed by atoms with E-state index in [0.29, 0.717) is 29.0 Å². The van der Waals surface area contributed by atoms with E-state index in [-0.39, 0.29) is 6.61 Å². The summed E-state index contributed by atoms with van der Waals surface area (Å²) in [6.45, 7) is 4.65. The lowest BCUT2D eigenvalue weighted by molar-refractivity contribution is 0.110. The Labute approximate surface area is 123 Å². The molecule has 6 heteroatoms. The Morgan fingerprint density at radius 1 is 1.42 bits per heavy atom. The first kappa shape index (κ1) is 15.8. The maximum atomic E-state index is 9.72. The Kier molecular flexibility index (Phi) is 7.25. The second kappa shape index (κ2) is 8.74. The van der Waals surface area contributed by atoms with E-state index in [1.54, 1.807) is 30.3 Å². The lowest BCUT2D eigenvalue weighted by Gasteiger charge is -2.14. The lowest BCUT2D eigenvalue weighted by Crippen LogP contribution is -2.41. The third kappa shape index (κ3) is 7.00. The first-order chi connectivity index (χ1) is 9.11. The highest BCUT2D eigenvalue weighted by Crippen LogP contribution is 2.15. The number of hydrogen-bond donors (Lipinski definition) is 3. The molecule has 1 aromatic carbocycles. The maximum Gasteiger partial charge on any atom is 0.166 e. The van der Waals surface area contributed by atoms with Crippen LogP contribution in [0.2, 0.25) is 5.02 Å². The van der Waals surface area contributed by atoms with E-state index in [0.717, 1.165) is 0 Å². The van der Waals surface area contributed by atoms with Gasteiger partial charge in [-0.25, -0.2) is 0 Å². The highest BCUT2D eigenvalue weighted by atomic mass is 35.5. The van der Waals surface area contributed by atoms with Gasteiger partial charge in [0.15, 0.2) is 5.11 Å². The van der Waals surface area contributed by atoms with Crippen LogP contribution in [0.25, 0.3) is 0 Å². The highest BCUT2D eigenvalue weighted by molar-refractivity contribution is 7.80. The van der Waals surface area contributed by atoms with Crippen molar-refractivity contribution in [1.82, 2.24) is 10.6 Å². The molecule has 0 aliphatic rings. The minimum Gasteiger partial charge on any atom is -0.491 e. The van der Waals surface area contributed by atoms with Crippen molar-refractivity contribution >= 4 is 28.9 Å². The molecule has 0 aliphatic heterocycles. The fourth-order valence-corrected chi connectivity index (χ4v) is 1.51. The zero-order valence-electron chi connectivity index (χ0n) is 10.4. The number of aliphatic hydroxyl groups is 1. The van der Waals surface area contributed by atoms with E-state index < -0.39 is 6.10 Å². The number of ether oxygens (including phenoxy) is 1. The first-order valence-corrected chi connectivity index (χ1v) is 6.59. The van der Waals surface area contributed by atoms with Gasteiger partial charge in [0.1, 0.15) is 18.5 Å². The van der Waals surface area contributed by atoms with Crippen molar-refractivity contribution in [1.29, 1.82) is 0 Å². The summed E-state index contributed by atoms with van der Waals surface area (Å²) in [5.74, 6) is 0.663. The molecule has 19 heavy (non-hydrogen) atoms. The number of rotatable bonds is 7. The minimum absolute atomic E-state index is 0.179. The molecule has 3 N–H and O–H groups in total. The standard InChI is InChI=1S/C13H17ClN2O2S/c1-2-7-15-13(19)16-8-11(17)9-18-12-5-3-10(14)4-6-12/h2-6,11,17H,1,7-9H2,(H2,15,16,19). The summed E-state index contributed by atoms with van der Waals surface area (Å²) >= 11 is 10.8. The number of thiocarbonyl (C=S) groups is 1. The molecule has 0 fully saturated rings. The number of halogens is 1. The summed E-state index contributed by atoms with van der Waals surface area (Å²) in [6.07, 6.45) is 1.05. The van der Waals surface area contributed by atoms with E-state index in [9.17, 15) is 5.11 Å². The van der Waals surface area contributed by atoms with Crippen molar-refractivity contribution in [2.24, 2.45) is 0 Å². The van der Waals surface area contributed by atoms with Crippen LogP contribution in [0.4, 0.5) is 0 Å². The van der Waals surface area contributed by atoms with Gasteiger partial charge in [-0.05, 0) is 36.5 Å². The summed E-state index contributed by atoms with van der Waals surface area (Å²) in [7, 11) is 0. The van der Waals surface area contributed by atoms with E-state index in [4.69, 9.17) is 28.6 Å². The Hall–Kier alpha value is -1.30. The number of aliphatic hydroxyl groups excluding tert-OH is 1. The Bertz CT molecular complexity index is 412. The van der Waals surface area contributed by atoms with Gasteiger partial charge in [0.05, 0.1) is 0 Å². The Morgan fingerprint density at radius 2 is 2.11 bits per heavy atom. The third-order valence-electron chi connectivity index (χ3n) is 2.16. The van der Waals surface area contributed by atoms with Crippen LogP contribution in [0.5, 0.6) is 5.75 Å². The minimum atomic E-state index is -0.654. The van der Waals surface area contributed by atoms with Gasteiger partial charge in [0.2, 0.25) is 0 Å². The molecule has 0 spiro atoms. The Balaban J connectivity index is 2.20. The molecule has 1 rings (SSSR count). The largest absolute Gasteiger partial charge is 0.491 e. The molecule has 0 radical (unpaired) electrons. The van der Waals surface area contributed by atoms with Gasteiger partial charge in [0, 0.05) is 18.1 Å². The molecule has 4 nitrogen and oxygen atoms in total. The molecule has 0 aliphatic carbocycles. The predicted octanol–water partition coefficient (Wildman–Crippen LogP) is 1.73. The summed E-state index contributed by atoms with van der Waals surface area (Å²) < 4.78 is 5.41. The van der Waals surface area contributed by atoms with Crippen molar-refractivity contribution in [3.8, 4) is 5.75 Å². The number of hydrogen-bond acceptors (Lipinski definition) is 3. The van der Waals surface area contributed by atoms with E-state index in [2.05, 4.69) is 17.2 Å². The van der Waals surface area contributed by atoms with Crippen molar-refractivity contribution < 1.29 is 9.84 Å². The smallest absolute Gasteiger partial charge is 0.166 e. The van der Waals surface area contributed by atoms with Gasteiger partial charge in [0.25, 0.3) is 0 Å².